The van der Waals surface area contributed by atoms with Gasteiger partial charge in [-0.1, -0.05) is 43.3 Å². The third-order valence-electron chi connectivity index (χ3n) is 4.11. The van der Waals surface area contributed by atoms with Gasteiger partial charge < -0.3 is 14.5 Å². The Morgan fingerprint density at radius 2 is 2.11 bits per heavy atom. The molecule has 1 unspecified atom stereocenters. The highest BCUT2D eigenvalue weighted by Crippen LogP contribution is 2.40. The molecule has 3 heterocycles. The fourth-order valence-electron chi connectivity index (χ4n) is 2.73. The van der Waals surface area contributed by atoms with Crippen molar-refractivity contribution in [2.75, 3.05) is 11.1 Å². The molecule has 3 aromatic rings. The summed E-state index contributed by atoms with van der Waals surface area (Å²) in [4.78, 5) is 14.9. The maximum Gasteiger partial charge on any atom is 0.433 e. The monoisotopic (exact) mass is 399 g/mol. The zero-order valence-corrected chi connectivity index (χ0v) is 15.8. The summed E-state index contributed by atoms with van der Waals surface area (Å²) in [5.74, 6) is 1.11. The lowest BCUT2D eigenvalue weighted by Crippen LogP contribution is -2.16. The predicted octanol–water partition coefficient (Wildman–Crippen LogP) is 4.44. The third-order valence-corrected chi connectivity index (χ3v) is 5.04. The average Bonchev–Trinajstić information content (AvgIpc) is 3.13. The minimum absolute atomic E-state index is 0.271. The van der Waals surface area contributed by atoms with Gasteiger partial charge in [0, 0.05) is 17.0 Å². The van der Waals surface area contributed by atoms with Crippen molar-refractivity contribution in [3.8, 4) is 17.1 Å². The molecule has 0 radical (unpaired) electrons. The van der Waals surface area contributed by atoms with Gasteiger partial charge in [-0.05, 0) is 18.6 Å². The maximum atomic E-state index is 10.9. The van der Waals surface area contributed by atoms with E-state index in [1.54, 1.807) is 0 Å². The summed E-state index contributed by atoms with van der Waals surface area (Å²) < 4.78 is 11.3. The lowest BCUT2D eigenvalue weighted by molar-refractivity contribution is -0.402. The highest BCUT2D eigenvalue weighted by Gasteiger charge is 2.29. The summed E-state index contributed by atoms with van der Waals surface area (Å²) in [6, 6.07) is 10.3. The molecule has 1 aromatic carbocycles. The quantitative estimate of drug-likeness (QED) is 0.278. The molecule has 0 fully saturated rings. The Kier molecular flexibility index (Phi) is 5.11. The van der Waals surface area contributed by atoms with Crippen molar-refractivity contribution in [3.05, 3.63) is 52.3 Å². The fourth-order valence-corrected chi connectivity index (χ4v) is 3.59. The molecule has 0 saturated carbocycles. The van der Waals surface area contributed by atoms with E-state index < -0.39 is 11.2 Å². The Labute approximate surface area is 164 Å². The second-order valence-electron chi connectivity index (χ2n) is 6.07. The molecule has 28 heavy (non-hydrogen) atoms. The zero-order valence-electron chi connectivity index (χ0n) is 15.0. The van der Waals surface area contributed by atoms with Crippen molar-refractivity contribution in [1.29, 1.82) is 0 Å². The summed E-state index contributed by atoms with van der Waals surface area (Å²) >= 11 is 1.51. The van der Waals surface area contributed by atoms with Crippen molar-refractivity contribution in [1.82, 2.24) is 15.2 Å². The van der Waals surface area contributed by atoms with Crippen molar-refractivity contribution in [2.45, 2.75) is 31.1 Å². The number of para-hydroxylation sites is 1. The summed E-state index contributed by atoms with van der Waals surface area (Å²) in [5, 5.41) is 23.2. The van der Waals surface area contributed by atoms with Gasteiger partial charge >= 0.3 is 5.88 Å². The average molecular weight is 399 g/mol. The van der Waals surface area contributed by atoms with Gasteiger partial charge in [0.1, 0.15) is 4.92 Å². The van der Waals surface area contributed by atoms with Gasteiger partial charge in [0.2, 0.25) is 17.3 Å². The van der Waals surface area contributed by atoms with Gasteiger partial charge in [-0.3, -0.25) is 10.1 Å². The standard InChI is InChI=1S/C18H17N5O4S/c1-2-3-10-28-18-20-17-15(21-22-18)11-6-4-5-7-12(11)19-16(27-17)13-8-9-14(26-13)23(24)25/h4-9,16,19H,2-3,10H2,1H3. The first-order valence-electron chi connectivity index (χ1n) is 8.80. The van der Waals surface area contributed by atoms with E-state index in [2.05, 4.69) is 27.4 Å². The van der Waals surface area contributed by atoms with Crippen molar-refractivity contribution in [2.24, 2.45) is 0 Å². The molecular formula is C18H17N5O4S. The number of hydrogen-bond acceptors (Lipinski definition) is 9. The molecule has 0 saturated heterocycles. The number of fused-ring (bicyclic) bond motifs is 3. The highest BCUT2D eigenvalue weighted by molar-refractivity contribution is 7.99. The Hall–Kier alpha value is -3.14. The minimum Gasteiger partial charge on any atom is -0.444 e. The predicted molar refractivity (Wildman–Crippen MR) is 103 cm³/mol. The van der Waals surface area contributed by atoms with E-state index in [0.717, 1.165) is 29.8 Å². The molecule has 10 heteroatoms. The molecule has 9 nitrogen and oxygen atoms in total. The van der Waals surface area contributed by atoms with Crippen molar-refractivity contribution < 1.29 is 14.1 Å². The normalized spacial score (nSPS) is 15.0. The van der Waals surface area contributed by atoms with Crippen LogP contribution in [-0.2, 0) is 0 Å². The van der Waals surface area contributed by atoms with E-state index in [-0.39, 0.29) is 11.6 Å². The summed E-state index contributed by atoms with van der Waals surface area (Å²) in [5.41, 5.74) is 2.03. The number of unbranched alkanes of at least 4 members (excludes halogenated alkanes) is 1. The summed E-state index contributed by atoms with van der Waals surface area (Å²) in [7, 11) is 0. The van der Waals surface area contributed by atoms with Crippen molar-refractivity contribution >= 4 is 23.3 Å². The van der Waals surface area contributed by atoms with Crippen LogP contribution in [0.1, 0.15) is 31.8 Å². The molecule has 144 valence electrons. The first-order chi connectivity index (χ1) is 13.7. The van der Waals surface area contributed by atoms with Crippen LogP contribution in [0.25, 0.3) is 11.3 Å². The summed E-state index contributed by atoms with van der Waals surface area (Å²) in [6.45, 7) is 2.12. The lowest BCUT2D eigenvalue weighted by atomic mass is 10.1. The van der Waals surface area contributed by atoms with Crippen LogP contribution < -0.4 is 10.1 Å². The van der Waals surface area contributed by atoms with Crippen LogP contribution in [0.5, 0.6) is 5.88 Å². The zero-order chi connectivity index (χ0) is 19.5. The van der Waals surface area contributed by atoms with Crippen LogP contribution >= 0.6 is 11.8 Å². The Bertz CT molecular complexity index is 1010. The molecule has 0 bridgehead atoms. The van der Waals surface area contributed by atoms with Crippen LogP contribution in [-0.4, -0.2) is 25.9 Å². The number of nitrogens with zero attached hydrogens (tertiary/aromatic N) is 4. The molecule has 2 aromatic heterocycles. The third kappa shape index (κ3) is 3.63. The van der Waals surface area contributed by atoms with Crippen LogP contribution in [0.2, 0.25) is 0 Å². The van der Waals surface area contributed by atoms with E-state index in [4.69, 9.17) is 9.15 Å². The first kappa shape index (κ1) is 18.2. The molecule has 4 rings (SSSR count). The first-order valence-corrected chi connectivity index (χ1v) is 9.78. The van der Waals surface area contributed by atoms with Gasteiger partial charge in [0.05, 0.1) is 6.07 Å². The maximum absolute atomic E-state index is 10.9. The van der Waals surface area contributed by atoms with Gasteiger partial charge in [-0.15, -0.1) is 10.2 Å². The molecular weight excluding hydrogens is 382 g/mol. The number of nitrogens with one attached hydrogen (secondary N) is 1. The van der Waals surface area contributed by atoms with Gasteiger partial charge in [0.15, 0.2) is 11.5 Å². The minimum atomic E-state index is -0.790. The topological polar surface area (TPSA) is 116 Å². The Morgan fingerprint density at radius 3 is 2.89 bits per heavy atom. The summed E-state index contributed by atoms with van der Waals surface area (Å²) in [6.07, 6.45) is 1.34. The number of thioether (sulfide) groups is 1. The van der Waals surface area contributed by atoms with E-state index in [9.17, 15) is 10.1 Å². The molecule has 1 aliphatic rings. The Morgan fingerprint density at radius 1 is 1.25 bits per heavy atom. The lowest BCUT2D eigenvalue weighted by Gasteiger charge is -2.16. The number of anilines is 1. The number of rotatable bonds is 6. The molecule has 0 amide bonds. The van der Waals surface area contributed by atoms with E-state index in [1.165, 1.54) is 23.9 Å². The van der Waals surface area contributed by atoms with Crippen LogP contribution in [0.3, 0.4) is 0 Å². The Balaban J connectivity index is 1.72. The molecule has 0 spiro atoms. The molecule has 1 N–H and O–H groups in total. The van der Waals surface area contributed by atoms with Gasteiger partial charge in [-0.25, -0.2) is 0 Å². The second kappa shape index (κ2) is 7.85. The largest absolute Gasteiger partial charge is 0.444 e. The molecule has 0 aliphatic carbocycles. The van der Waals surface area contributed by atoms with Crippen LogP contribution in [0.15, 0.2) is 46.0 Å². The molecule has 1 atom stereocenters. The van der Waals surface area contributed by atoms with E-state index in [0.29, 0.717) is 16.7 Å². The van der Waals surface area contributed by atoms with E-state index in [1.807, 2.05) is 24.3 Å². The van der Waals surface area contributed by atoms with Crippen LogP contribution in [0.4, 0.5) is 11.6 Å². The number of furan rings is 1. The van der Waals surface area contributed by atoms with Crippen molar-refractivity contribution in [3.63, 3.8) is 0 Å². The number of hydrogen-bond donors (Lipinski definition) is 1. The van der Waals surface area contributed by atoms with E-state index >= 15 is 0 Å². The smallest absolute Gasteiger partial charge is 0.433 e. The van der Waals surface area contributed by atoms with Gasteiger partial charge in [-0.2, -0.15) is 4.98 Å². The number of nitro groups is 1. The number of benzene rings is 1. The van der Waals surface area contributed by atoms with Crippen LogP contribution in [0, 0.1) is 10.1 Å². The highest BCUT2D eigenvalue weighted by atomic mass is 32.2. The number of aromatic nitrogens is 3. The number of ether oxygens (including phenoxy) is 1. The second-order valence-corrected chi connectivity index (χ2v) is 7.13. The fraction of sp³-hybridized carbons (Fsp3) is 0.278. The SMILES string of the molecule is CCCCSc1nnc2c(n1)OC(c1ccc([N+](=O)[O-])o1)Nc1ccccc1-2. The molecule has 1 aliphatic heterocycles. The van der Waals surface area contributed by atoms with Gasteiger partial charge in [0.25, 0.3) is 0 Å².